The number of nitrogens with zero attached hydrogens (tertiary/aromatic N) is 1. The second kappa shape index (κ2) is 4.11. The summed E-state index contributed by atoms with van der Waals surface area (Å²) in [6, 6.07) is 11.3. The lowest BCUT2D eigenvalue weighted by molar-refractivity contribution is -0.124. The maximum atomic E-state index is 6.34. The molecule has 3 atom stereocenters. The Morgan fingerprint density at radius 2 is 2.06 bits per heavy atom. The summed E-state index contributed by atoms with van der Waals surface area (Å²) in [4.78, 5) is 2.55. The Morgan fingerprint density at radius 1 is 1.29 bits per heavy atom. The Morgan fingerprint density at radius 3 is 2.76 bits per heavy atom. The quantitative estimate of drug-likeness (QED) is 0.735. The van der Waals surface area contributed by atoms with E-state index in [-0.39, 0.29) is 11.8 Å². The van der Waals surface area contributed by atoms with E-state index in [1.165, 1.54) is 24.8 Å². The molecule has 0 aliphatic carbocycles. The number of benzene rings is 1. The topological polar surface area (TPSA) is 12.5 Å². The van der Waals surface area contributed by atoms with Crippen LogP contribution in [0.2, 0.25) is 0 Å². The van der Waals surface area contributed by atoms with Crippen molar-refractivity contribution in [2.45, 2.75) is 51.0 Å². The zero-order chi connectivity index (χ0) is 11.9. The van der Waals surface area contributed by atoms with Crippen LogP contribution in [0.15, 0.2) is 30.3 Å². The molecule has 0 amide bonds. The molecule has 1 aromatic carbocycles. The van der Waals surface area contributed by atoms with Crippen LogP contribution in [-0.2, 0) is 4.74 Å². The van der Waals surface area contributed by atoms with E-state index >= 15 is 0 Å². The van der Waals surface area contributed by atoms with Crippen molar-refractivity contribution >= 4 is 0 Å². The molecule has 2 heteroatoms. The molecule has 17 heavy (non-hydrogen) atoms. The molecule has 0 spiro atoms. The van der Waals surface area contributed by atoms with Crippen LogP contribution < -0.4 is 0 Å². The molecule has 2 heterocycles. The molecule has 1 aromatic rings. The summed E-state index contributed by atoms with van der Waals surface area (Å²) in [6.45, 7) is 5.63. The number of fused-ring (bicyclic) bond motifs is 1. The SMILES string of the molecule is C[C@H]1CCC[C@@]2(C)O[C@@H](c3ccccc3)CN12. The van der Waals surface area contributed by atoms with Gasteiger partial charge in [-0.1, -0.05) is 30.3 Å². The van der Waals surface area contributed by atoms with Crippen LogP contribution in [0.3, 0.4) is 0 Å². The molecule has 0 aromatic heterocycles. The highest BCUT2D eigenvalue weighted by Crippen LogP contribution is 2.43. The number of hydrogen-bond acceptors (Lipinski definition) is 2. The largest absolute Gasteiger partial charge is 0.351 e. The predicted octanol–water partition coefficient (Wildman–Crippen LogP) is 3.35. The Balaban J connectivity index is 1.84. The van der Waals surface area contributed by atoms with Crippen molar-refractivity contribution in [3.05, 3.63) is 35.9 Å². The molecular formula is C15H21NO. The fourth-order valence-corrected chi connectivity index (χ4v) is 3.35. The van der Waals surface area contributed by atoms with Crippen LogP contribution in [0.25, 0.3) is 0 Å². The van der Waals surface area contributed by atoms with E-state index in [2.05, 4.69) is 49.1 Å². The summed E-state index contributed by atoms with van der Waals surface area (Å²) < 4.78 is 6.34. The minimum absolute atomic E-state index is 0.0296. The molecule has 92 valence electrons. The molecule has 2 nitrogen and oxygen atoms in total. The first-order valence-electron chi connectivity index (χ1n) is 6.68. The van der Waals surface area contributed by atoms with Gasteiger partial charge < -0.3 is 4.74 Å². The Hall–Kier alpha value is -0.860. The first kappa shape index (κ1) is 11.2. The van der Waals surface area contributed by atoms with Gasteiger partial charge >= 0.3 is 0 Å². The van der Waals surface area contributed by atoms with Gasteiger partial charge in [0.2, 0.25) is 0 Å². The molecular weight excluding hydrogens is 210 g/mol. The van der Waals surface area contributed by atoms with Crippen LogP contribution in [0.4, 0.5) is 0 Å². The van der Waals surface area contributed by atoms with E-state index in [1.807, 2.05) is 0 Å². The van der Waals surface area contributed by atoms with E-state index in [0.717, 1.165) is 6.54 Å². The Bertz CT molecular complexity index is 391. The van der Waals surface area contributed by atoms with Gasteiger partial charge in [0.25, 0.3) is 0 Å². The fourth-order valence-electron chi connectivity index (χ4n) is 3.35. The minimum atomic E-state index is -0.0296. The van der Waals surface area contributed by atoms with Crippen molar-refractivity contribution in [1.82, 2.24) is 4.90 Å². The number of rotatable bonds is 1. The molecule has 2 saturated heterocycles. The monoisotopic (exact) mass is 231 g/mol. The van der Waals surface area contributed by atoms with E-state index in [1.54, 1.807) is 0 Å². The number of hydrogen-bond donors (Lipinski definition) is 0. The Kier molecular flexibility index (Phi) is 2.72. The highest BCUT2D eigenvalue weighted by molar-refractivity contribution is 5.19. The van der Waals surface area contributed by atoms with Gasteiger partial charge in [0, 0.05) is 12.6 Å². The second-order valence-electron chi connectivity index (χ2n) is 5.59. The van der Waals surface area contributed by atoms with Gasteiger partial charge in [-0.25, -0.2) is 0 Å². The maximum absolute atomic E-state index is 6.34. The van der Waals surface area contributed by atoms with Gasteiger partial charge in [0.15, 0.2) is 0 Å². The van der Waals surface area contributed by atoms with E-state index < -0.39 is 0 Å². The molecule has 2 aliphatic heterocycles. The number of ether oxygens (including phenoxy) is 1. The van der Waals surface area contributed by atoms with E-state index in [0.29, 0.717) is 6.04 Å². The van der Waals surface area contributed by atoms with Crippen LogP contribution in [0, 0.1) is 0 Å². The molecule has 0 N–H and O–H groups in total. The molecule has 0 unspecified atom stereocenters. The summed E-state index contributed by atoms with van der Waals surface area (Å²) in [5, 5.41) is 0. The smallest absolute Gasteiger partial charge is 0.120 e. The van der Waals surface area contributed by atoms with Gasteiger partial charge in [-0.05, 0) is 38.7 Å². The van der Waals surface area contributed by atoms with Crippen LogP contribution in [0.5, 0.6) is 0 Å². The van der Waals surface area contributed by atoms with Gasteiger partial charge in [0.1, 0.15) is 5.72 Å². The predicted molar refractivity (Wildman–Crippen MR) is 68.7 cm³/mol. The zero-order valence-corrected chi connectivity index (χ0v) is 10.7. The van der Waals surface area contributed by atoms with E-state index in [4.69, 9.17) is 4.74 Å². The highest BCUT2D eigenvalue weighted by atomic mass is 16.5. The summed E-state index contributed by atoms with van der Waals surface area (Å²) in [6.07, 6.45) is 4.01. The van der Waals surface area contributed by atoms with E-state index in [9.17, 15) is 0 Å². The van der Waals surface area contributed by atoms with Gasteiger partial charge in [-0.2, -0.15) is 0 Å². The molecule has 2 aliphatic rings. The average molecular weight is 231 g/mol. The standard InChI is InChI=1S/C15H21NO/c1-12-7-6-10-15(2)16(12)11-14(17-15)13-8-4-3-5-9-13/h3-5,8-9,12,14H,6-7,10-11H2,1-2H3/t12-,14+,15+/m0/s1. The molecule has 3 rings (SSSR count). The average Bonchev–Trinajstić information content (AvgIpc) is 2.69. The van der Waals surface area contributed by atoms with Crippen molar-refractivity contribution in [3.8, 4) is 0 Å². The molecule has 0 saturated carbocycles. The summed E-state index contributed by atoms with van der Waals surface area (Å²) in [5.74, 6) is 0. The lowest BCUT2D eigenvalue weighted by Gasteiger charge is -2.42. The fraction of sp³-hybridized carbons (Fsp3) is 0.600. The second-order valence-corrected chi connectivity index (χ2v) is 5.59. The van der Waals surface area contributed by atoms with Crippen LogP contribution in [0.1, 0.15) is 44.8 Å². The third-order valence-electron chi connectivity index (χ3n) is 4.33. The first-order chi connectivity index (χ1) is 8.19. The van der Waals surface area contributed by atoms with Gasteiger partial charge in [-0.15, -0.1) is 0 Å². The summed E-state index contributed by atoms with van der Waals surface area (Å²) in [7, 11) is 0. The molecule has 0 radical (unpaired) electrons. The van der Waals surface area contributed by atoms with Crippen molar-refractivity contribution in [2.24, 2.45) is 0 Å². The highest BCUT2D eigenvalue weighted by Gasteiger charge is 2.47. The van der Waals surface area contributed by atoms with Crippen molar-refractivity contribution in [2.75, 3.05) is 6.54 Å². The van der Waals surface area contributed by atoms with Gasteiger partial charge in [0.05, 0.1) is 6.10 Å². The van der Waals surface area contributed by atoms with Crippen molar-refractivity contribution in [3.63, 3.8) is 0 Å². The van der Waals surface area contributed by atoms with Crippen molar-refractivity contribution < 1.29 is 4.74 Å². The normalized spacial score (nSPS) is 38.0. The third kappa shape index (κ3) is 1.90. The molecule has 0 bridgehead atoms. The Labute approximate surface area is 104 Å². The summed E-state index contributed by atoms with van der Waals surface area (Å²) in [5.41, 5.74) is 1.29. The summed E-state index contributed by atoms with van der Waals surface area (Å²) >= 11 is 0. The minimum Gasteiger partial charge on any atom is -0.351 e. The number of piperidine rings is 1. The first-order valence-corrected chi connectivity index (χ1v) is 6.68. The lowest BCUT2D eigenvalue weighted by Crippen LogP contribution is -2.50. The van der Waals surface area contributed by atoms with Crippen LogP contribution >= 0.6 is 0 Å². The molecule has 2 fully saturated rings. The lowest BCUT2D eigenvalue weighted by atomic mass is 9.95. The maximum Gasteiger partial charge on any atom is 0.120 e. The zero-order valence-electron chi connectivity index (χ0n) is 10.7. The van der Waals surface area contributed by atoms with Crippen molar-refractivity contribution in [1.29, 1.82) is 0 Å². The van der Waals surface area contributed by atoms with Gasteiger partial charge in [-0.3, -0.25) is 4.90 Å². The third-order valence-corrected chi connectivity index (χ3v) is 4.33. The van der Waals surface area contributed by atoms with Crippen LogP contribution in [-0.4, -0.2) is 23.2 Å².